The fourth-order valence-electron chi connectivity index (χ4n) is 5.84. The van der Waals surface area contributed by atoms with Crippen LogP contribution in [-0.2, 0) is 24.8 Å². The normalized spacial score (nSPS) is 16.4. The lowest BCUT2D eigenvalue weighted by Gasteiger charge is -2.36. The third kappa shape index (κ3) is 5.37. The first-order valence-corrected chi connectivity index (χ1v) is 15.3. The molecule has 0 bridgehead atoms. The SMILES string of the molecule is CCN1CCc2c(sc3nc(Cc4ccccc4)nc(N4CCN(C(=O)c5ccc(C(C)(C)C)cc5)CC4)c23)C1. The molecule has 0 spiro atoms. The maximum atomic E-state index is 13.4. The number of hydrogen-bond acceptors (Lipinski definition) is 6. The van der Waals surface area contributed by atoms with Crippen LogP contribution in [0.2, 0.25) is 0 Å². The molecule has 0 saturated carbocycles. The van der Waals surface area contributed by atoms with E-state index in [2.05, 4.69) is 73.9 Å². The monoisotopic (exact) mass is 553 g/mol. The number of aromatic nitrogens is 2. The first-order chi connectivity index (χ1) is 19.3. The summed E-state index contributed by atoms with van der Waals surface area (Å²) in [7, 11) is 0. The van der Waals surface area contributed by atoms with Gasteiger partial charge in [-0.3, -0.25) is 9.69 Å². The van der Waals surface area contributed by atoms with E-state index in [1.165, 1.54) is 27.0 Å². The van der Waals surface area contributed by atoms with Crippen molar-refractivity contribution in [1.82, 2.24) is 19.8 Å². The van der Waals surface area contributed by atoms with Crippen LogP contribution in [-0.4, -0.2) is 64.9 Å². The van der Waals surface area contributed by atoms with Crippen molar-refractivity contribution >= 4 is 33.3 Å². The number of likely N-dealkylation sites (N-methyl/N-ethyl adjacent to an activating group) is 1. The molecule has 2 aliphatic heterocycles. The lowest BCUT2D eigenvalue weighted by molar-refractivity contribution is 0.0746. The molecule has 7 heteroatoms. The summed E-state index contributed by atoms with van der Waals surface area (Å²) in [6.45, 7) is 14.9. The molecule has 40 heavy (non-hydrogen) atoms. The molecule has 4 aromatic rings. The van der Waals surface area contributed by atoms with Crippen LogP contribution in [0.3, 0.4) is 0 Å². The van der Waals surface area contributed by atoms with Gasteiger partial charge in [0.2, 0.25) is 0 Å². The van der Waals surface area contributed by atoms with Gasteiger partial charge in [-0.25, -0.2) is 9.97 Å². The third-order valence-corrected chi connectivity index (χ3v) is 9.43. The zero-order valence-corrected chi connectivity index (χ0v) is 24.9. The number of thiophene rings is 1. The maximum absolute atomic E-state index is 13.4. The zero-order chi connectivity index (χ0) is 27.9. The molecule has 0 aliphatic carbocycles. The van der Waals surface area contributed by atoms with E-state index in [4.69, 9.17) is 9.97 Å². The van der Waals surface area contributed by atoms with Gasteiger partial charge in [0, 0.05) is 56.1 Å². The molecule has 0 radical (unpaired) electrons. The Morgan fingerprint density at radius 1 is 0.925 bits per heavy atom. The second-order valence-corrected chi connectivity index (χ2v) is 13.1. The van der Waals surface area contributed by atoms with Crippen molar-refractivity contribution < 1.29 is 4.79 Å². The fraction of sp³-hybridized carbons (Fsp3) is 0.424. The smallest absolute Gasteiger partial charge is 0.253 e. The van der Waals surface area contributed by atoms with Crippen LogP contribution >= 0.6 is 11.3 Å². The minimum atomic E-state index is 0.0745. The summed E-state index contributed by atoms with van der Waals surface area (Å²) in [5.74, 6) is 2.04. The predicted molar refractivity (Wildman–Crippen MR) is 165 cm³/mol. The van der Waals surface area contributed by atoms with E-state index in [0.717, 1.165) is 67.6 Å². The summed E-state index contributed by atoms with van der Waals surface area (Å²) in [5.41, 5.74) is 4.74. The summed E-state index contributed by atoms with van der Waals surface area (Å²) in [6.07, 6.45) is 1.76. The molecule has 6 nitrogen and oxygen atoms in total. The zero-order valence-electron chi connectivity index (χ0n) is 24.1. The second-order valence-electron chi connectivity index (χ2n) is 12.0. The minimum Gasteiger partial charge on any atom is -0.352 e. The highest BCUT2D eigenvalue weighted by Crippen LogP contribution is 2.39. The van der Waals surface area contributed by atoms with Gasteiger partial charge in [-0.05, 0) is 47.2 Å². The van der Waals surface area contributed by atoms with Gasteiger partial charge in [0.1, 0.15) is 16.5 Å². The Balaban J connectivity index is 1.26. The Morgan fingerprint density at radius 3 is 2.33 bits per heavy atom. The minimum absolute atomic E-state index is 0.0745. The Hall–Kier alpha value is -3.29. The van der Waals surface area contributed by atoms with E-state index in [0.29, 0.717) is 13.1 Å². The third-order valence-electron chi connectivity index (χ3n) is 8.32. The number of hydrogen-bond donors (Lipinski definition) is 0. The quantitative estimate of drug-likeness (QED) is 0.307. The second kappa shape index (κ2) is 10.9. The number of anilines is 1. The molecular weight excluding hydrogens is 514 g/mol. The summed E-state index contributed by atoms with van der Waals surface area (Å²) >= 11 is 1.84. The van der Waals surface area contributed by atoms with E-state index in [-0.39, 0.29) is 11.3 Å². The summed E-state index contributed by atoms with van der Waals surface area (Å²) < 4.78 is 0. The lowest BCUT2D eigenvalue weighted by atomic mass is 9.86. The highest BCUT2D eigenvalue weighted by atomic mass is 32.1. The topological polar surface area (TPSA) is 52.6 Å². The molecule has 0 unspecified atom stereocenters. The Kier molecular flexibility index (Phi) is 7.36. The van der Waals surface area contributed by atoms with Gasteiger partial charge in [0.15, 0.2) is 0 Å². The number of piperazine rings is 1. The van der Waals surface area contributed by atoms with Crippen molar-refractivity contribution in [3.8, 4) is 0 Å². The Labute approximate surface area is 241 Å². The first kappa shape index (κ1) is 26.9. The van der Waals surface area contributed by atoms with Gasteiger partial charge in [-0.1, -0.05) is 70.2 Å². The number of benzene rings is 2. The van der Waals surface area contributed by atoms with Gasteiger partial charge in [-0.15, -0.1) is 11.3 Å². The number of nitrogens with zero attached hydrogens (tertiary/aromatic N) is 5. The van der Waals surface area contributed by atoms with Gasteiger partial charge in [0.25, 0.3) is 5.91 Å². The average Bonchev–Trinajstić information content (AvgIpc) is 3.34. The van der Waals surface area contributed by atoms with Gasteiger partial charge < -0.3 is 9.80 Å². The average molecular weight is 554 g/mol. The molecule has 2 aromatic carbocycles. The van der Waals surface area contributed by atoms with Crippen LogP contribution in [0.25, 0.3) is 10.2 Å². The van der Waals surface area contributed by atoms with E-state index in [9.17, 15) is 4.79 Å². The molecule has 2 aliphatic rings. The Morgan fingerprint density at radius 2 is 1.65 bits per heavy atom. The van der Waals surface area contributed by atoms with Crippen LogP contribution in [0, 0.1) is 0 Å². The van der Waals surface area contributed by atoms with Gasteiger partial charge in [0.05, 0.1) is 5.39 Å². The van der Waals surface area contributed by atoms with Crippen molar-refractivity contribution in [3.63, 3.8) is 0 Å². The van der Waals surface area contributed by atoms with Crippen LogP contribution in [0.15, 0.2) is 54.6 Å². The van der Waals surface area contributed by atoms with Crippen molar-refractivity contribution in [1.29, 1.82) is 0 Å². The van der Waals surface area contributed by atoms with Crippen molar-refractivity contribution in [2.75, 3.05) is 44.2 Å². The molecule has 4 heterocycles. The van der Waals surface area contributed by atoms with E-state index in [1.807, 2.05) is 34.4 Å². The molecule has 1 amide bonds. The highest BCUT2D eigenvalue weighted by Gasteiger charge is 2.29. The summed E-state index contributed by atoms with van der Waals surface area (Å²) in [6, 6.07) is 18.6. The molecule has 0 N–H and O–H groups in total. The van der Waals surface area contributed by atoms with Crippen LogP contribution < -0.4 is 4.90 Å². The van der Waals surface area contributed by atoms with Crippen molar-refractivity contribution in [3.05, 3.63) is 87.6 Å². The molecule has 6 rings (SSSR count). The Bertz CT molecular complexity index is 1500. The van der Waals surface area contributed by atoms with Crippen LogP contribution in [0.5, 0.6) is 0 Å². The number of carbonyl (C=O) groups is 1. The number of fused-ring (bicyclic) bond motifs is 3. The molecule has 2 aromatic heterocycles. The van der Waals surface area contributed by atoms with Crippen molar-refractivity contribution in [2.24, 2.45) is 0 Å². The molecule has 208 valence electrons. The number of rotatable bonds is 5. The van der Waals surface area contributed by atoms with Gasteiger partial charge in [-0.2, -0.15) is 0 Å². The largest absolute Gasteiger partial charge is 0.352 e. The first-order valence-electron chi connectivity index (χ1n) is 14.5. The number of carbonyl (C=O) groups excluding carboxylic acids is 1. The maximum Gasteiger partial charge on any atom is 0.253 e. The predicted octanol–water partition coefficient (Wildman–Crippen LogP) is 5.92. The highest BCUT2D eigenvalue weighted by molar-refractivity contribution is 7.19. The van der Waals surface area contributed by atoms with Crippen LogP contribution in [0.1, 0.15) is 65.4 Å². The molecular formula is C33H39N5OS. The van der Waals surface area contributed by atoms with E-state index >= 15 is 0 Å². The summed E-state index contributed by atoms with van der Waals surface area (Å²) in [5, 5.41) is 1.24. The lowest BCUT2D eigenvalue weighted by Crippen LogP contribution is -2.49. The number of amides is 1. The standard InChI is InChI=1S/C33H39N5OS/c1-5-36-16-15-26-27(22-36)40-31-29(26)30(34-28(35-31)21-23-9-7-6-8-10-23)37-17-19-38(20-18-37)32(39)24-11-13-25(14-12-24)33(2,3)4/h6-14H,5,15-22H2,1-4H3. The van der Waals surface area contributed by atoms with E-state index in [1.54, 1.807) is 0 Å². The van der Waals surface area contributed by atoms with Crippen LogP contribution in [0.4, 0.5) is 5.82 Å². The van der Waals surface area contributed by atoms with E-state index < -0.39 is 0 Å². The fourth-order valence-corrected chi connectivity index (χ4v) is 7.12. The molecule has 1 saturated heterocycles. The van der Waals surface area contributed by atoms with Crippen molar-refractivity contribution in [2.45, 2.75) is 52.5 Å². The summed E-state index contributed by atoms with van der Waals surface area (Å²) in [4.78, 5) is 33.1. The van der Waals surface area contributed by atoms with Gasteiger partial charge >= 0.3 is 0 Å². The molecule has 0 atom stereocenters. The molecule has 1 fully saturated rings.